The predicted octanol–water partition coefficient (Wildman–Crippen LogP) is 4.52. The van der Waals surface area contributed by atoms with Gasteiger partial charge in [-0.15, -0.1) is 0 Å². The molecule has 0 aromatic heterocycles. The number of fused-ring (bicyclic) bond motifs is 1. The summed E-state index contributed by atoms with van der Waals surface area (Å²) in [5.74, 6) is -1.11. The second kappa shape index (κ2) is 8.52. The van der Waals surface area contributed by atoms with Crippen LogP contribution in [-0.4, -0.2) is 29.6 Å². The van der Waals surface area contributed by atoms with Gasteiger partial charge in [0.1, 0.15) is 0 Å². The first-order valence-corrected chi connectivity index (χ1v) is 9.86. The number of rotatable bonds is 5. The van der Waals surface area contributed by atoms with Gasteiger partial charge in [-0.25, -0.2) is 0 Å². The maximum absolute atomic E-state index is 13.3. The zero-order chi connectivity index (χ0) is 20.4. The van der Waals surface area contributed by atoms with Crippen LogP contribution in [0.3, 0.4) is 0 Å². The highest BCUT2D eigenvalue weighted by Gasteiger charge is 2.37. The number of carbonyl (C=O) groups excluding carboxylic acids is 1. The fourth-order valence-corrected chi connectivity index (χ4v) is 3.94. The van der Waals surface area contributed by atoms with Crippen molar-refractivity contribution in [1.29, 1.82) is 0 Å². The molecule has 3 rings (SSSR count). The molecule has 0 unspecified atom stereocenters. The molecule has 2 atom stereocenters. The van der Waals surface area contributed by atoms with Crippen LogP contribution in [0.1, 0.15) is 37.4 Å². The van der Waals surface area contributed by atoms with E-state index in [9.17, 15) is 14.7 Å². The van der Waals surface area contributed by atoms with Gasteiger partial charge in [-0.1, -0.05) is 55.2 Å². The highest BCUT2D eigenvalue weighted by molar-refractivity contribution is 6.31. The van der Waals surface area contributed by atoms with Crippen LogP contribution in [0.25, 0.3) is 0 Å². The average Bonchev–Trinajstić information content (AvgIpc) is 2.72. The van der Waals surface area contributed by atoms with Crippen LogP contribution >= 0.6 is 23.2 Å². The third kappa shape index (κ3) is 4.32. The van der Waals surface area contributed by atoms with Crippen molar-refractivity contribution < 1.29 is 14.7 Å². The Morgan fingerprint density at radius 3 is 2.54 bits per heavy atom. The summed E-state index contributed by atoms with van der Waals surface area (Å²) in [5, 5.41) is 13.6. The number of carboxylic acids is 1. The minimum Gasteiger partial charge on any atom is -0.481 e. The number of nitrogens with zero attached hydrogens (tertiary/aromatic N) is 1. The molecule has 28 heavy (non-hydrogen) atoms. The van der Waals surface area contributed by atoms with E-state index in [2.05, 4.69) is 5.32 Å². The maximum atomic E-state index is 13.3. The van der Waals surface area contributed by atoms with E-state index in [1.54, 1.807) is 17.0 Å². The van der Waals surface area contributed by atoms with Crippen LogP contribution in [0.4, 0.5) is 5.69 Å². The van der Waals surface area contributed by atoms with Crippen LogP contribution < -0.4 is 10.2 Å². The van der Waals surface area contributed by atoms with E-state index in [4.69, 9.17) is 23.2 Å². The summed E-state index contributed by atoms with van der Waals surface area (Å²) < 4.78 is 0. The zero-order valence-electron chi connectivity index (χ0n) is 15.7. The van der Waals surface area contributed by atoms with E-state index in [0.717, 1.165) is 11.1 Å². The van der Waals surface area contributed by atoms with Crippen molar-refractivity contribution in [3.63, 3.8) is 0 Å². The number of nitrogens with one attached hydrogen (secondary N) is 1. The van der Waals surface area contributed by atoms with Gasteiger partial charge in [0.15, 0.2) is 0 Å². The Bertz CT molecular complexity index is 901. The fourth-order valence-electron chi connectivity index (χ4n) is 3.51. The second-order valence-electron chi connectivity index (χ2n) is 7.32. The van der Waals surface area contributed by atoms with E-state index < -0.39 is 18.1 Å². The number of aliphatic carboxylic acids is 1. The fraction of sp³-hybridized carbons (Fsp3) is 0.333. The van der Waals surface area contributed by atoms with Gasteiger partial charge in [0, 0.05) is 22.3 Å². The van der Waals surface area contributed by atoms with Crippen LogP contribution in [0.15, 0.2) is 42.5 Å². The molecule has 2 aromatic rings. The Morgan fingerprint density at radius 2 is 1.89 bits per heavy atom. The molecule has 1 heterocycles. The molecule has 1 aliphatic heterocycles. The number of amides is 1. The number of anilines is 1. The van der Waals surface area contributed by atoms with Gasteiger partial charge in [-0.2, -0.15) is 0 Å². The normalized spacial score (nSPS) is 19.5. The lowest BCUT2D eigenvalue weighted by Gasteiger charge is -2.27. The van der Waals surface area contributed by atoms with Gasteiger partial charge in [0.2, 0.25) is 5.91 Å². The van der Waals surface area contributed by atoms with E-state index in [0.29, 0.717) is 22.3 Å². The minimum atomic E-state index is -1.04. The number of halogens is 2. The van der Waals surface area contributed by atoms with E-state index in [1.165, 1.54) is 0 Å². The highest BCUT2D eigenvalue weighted by Crippen LogP contribution is 2.39. The quantitative estimate of drug-likeness (QED) is 0.745. The summed E-state index contributed by atoms with van der Waals surface area (Å²) >= 11 is 12.7. The Labute approximate surface area is 174 Å². The van der Waals surface area contributed by atoms with E-state index in [-0.39, 0.29) is 18.2 Å². The highest BCUT2D eigenvalue weighted by atomic mass is 35.5. The summed E-state index contributed by atoms with van der Waals surface area (Å²) in [6.45, 7) is 4.50. The van der Waals surface area contributed by atoms with Crippen LogP contribution in [-0.2, 0) is 9.59 Å². The first kappa shape index (κ1) is 20.6. The van der Waals surface area contributed by atoms with Gasteiger partial charge in [0.25, 0.3) is 0 Å². The van der Waals surface area contributed by atoms with Gasteiger partial charge in [-0.05, 0) is 41.3 Å². The molecule has 7 heteroatoms. The van der Waals surface area contributed by atoms with Crippen LogP contribution in [0, 0.1) is 5.92 Å². The van der Waals surface area contributed by atoms with Gasteiger partial charge < -0.3 is 10.0 Å². The number of hydrogen-bond acceptors (Lipinski definition) is 3. The third-order valence-electron chi connectivity index (χ3n) is 4.67. The smallest absolute Gasteiger partial charge is 0.305 e. The maximum Gasteiger partial charge on any atom is 0.305 e. The lowest BCUT2D eigenvalue weighted by Crippen LogP contribution is -2.47. The van der Waals surface area contributed by atoms with Crippen molar-refractivity contribution in [2.75, 3.05) is 11.4 Å². The second-order valence-corrected chi connectivity index (χ2v) is 8.16. The summed E-state index contributed by atoms with van der Waals surface area (Å²) in [4.78, 5) is 26.4. The molecule has 148 valence electrons. The minimum absolute atomic E-state index is 0.204. The van der Waals surface area contributed by atoms with E-state index in [1.807, 2.05) is 44.2 Å². The first-order chi connectivity index (χ1) is 13.3. The number of benzene rings is 2. The predicted molar refractivity (Wildman–Crippen MR) is 111 cm³/mol. The number of hydrogen-bond donors (Lipinski definition) is 2. The van der Waals surface area contributed by atoms with Crippen molar-refractivity contribution >= 4 is 40.8 Å². The third-order valence-corrected chi connectivity index (χ3v) is 5.25. The molecule has 0 radical (unpaired) electrons. The molecule has 0 bridgehead atoms. The summed E-state index contributed by atoms with van der Waals surface area (Å²) in [5.41, 5.74) is 2.28. The van der Waals surface area contributed by atoms with Crippen LogP contribution in [0.2, 0.25) is 10.0 Å². The summed E-state index contributed by atoms with van der Waals surface area (Å²) in [6.07, 6.45) is -0.323. The molecular weight excluding hydrogens is 399 g/mol. The SMILES string of the molecule is CC(C)CN1C(=O)[C@@H](CC(=O)O)N[C@H](c2ccccc2Cl)c2cc(Cl)ccc21. The van der Waals surface area contributed by atoms with Crippen molar-refractivity contribution in [2.45, 2.75) is 32.4 Å². The molecule has 0 fully saturated rings. The molecule has 0 aliphatic carbocycles. The monoisotopic (exact) mass is 420 g/mol. The number of carboxylic acid groups (broad SMARTS) is 1. The molecule has 1 aliphatic rings. The lowest BCUT2D eigenvalue weighted by atomic mass is 9.96. The zero-order valence-corrected chi connectivity index (χ0v) is 17.2. The topological polar surface area (TPSA) is 69.6 Å². The Balaban J connectivity index is 2.20. The Kier molecular flexibility index (Phi) is 6.28. The van der Waals surface area contributed by atoms with Crippen molar-refractivity contribution in [3.8, 4) is 0 Å². The average molecular weight is 421 g/mol. The van der Waals surface area contributed by atoms with Gasteiger partial charge >= 0.3 is 5.97 Å². The molecule has 2 N–H and O–H groups in total. The molecule has 0 saturated carbocycles. The Hall–Kier alpha value is -2.08. The summed E-state index contributed by atoms with van der Waals surface area (Å²) in [7, 11) is 0. The van der Waals surface area contributed by atoms with E-state index >= 15 is 0 Å². The van der Waals surface area contributed by atoms with Gasteiger partial charge in [-0.3, -0.25) is 14.9 Å². The van der Waals surface area contributed by atoms with Gasteiger partial charge in [0.05, 0.1) is 18.5 Å². The Morgan fingerprint density at radius 1 is 1.18 bits per heavy atom. The molecule has 0 saturated heterocycles. The summed E-state index contributed by atoms with van der Waals surface area (Å²) in [6, 6.07) is 11.3. The molecule has 1 amide bonds. The van der Waals surface area contributed by atoms with Crippen molar-refractivity contribution in [3.05, 3.63) is 63.6 Å². The largest absolute Gasteiger partial charge is 0.481 e. The van der Waals surface area contributed by atoms with Crippen molar-refractivity contribution in [2.24, 2.45) is 5.92 Å². The standard InChI is InChI=1S/C21H22Cl2N2O3/c1-12(2)11-25-18-8-7-13(22)9-15(18)20(14-5-3-4-6-16(14)23)24-17(21(25)28)10-19(26)27/h3-9,12,17,20,24H,10-11H2,1-2H3,(H,26,27)/t17-,20-/m1/s1. The lowest BCUT2D eigenvalue weighted by molar-refractivity contribution is -0.139. The molecular formula is C21H22Cl2N2O3. The number of carbonyl (C=O) groups is 2. The molecule has 2 aromatic carbocycles. The molecule has 0 spiro atoms. The van der Waals surface area contributed by atoms with Crippen molar-refractivity contribution in [1.82, 2.24) is 5.32 Å². The van der Waals surface area contributed by atoms with Crippen LogP contribution in [0.5, 0.6) is 0 Å². The first-order valence-electron chi connectivity index (χ1n) is 9.11. The molecule has 5 nitrogen and oxygen atoms in total.